The number of ketones is 1. The van der Waals surface area contributed by atoms with E-state index in [-0.39, 0.29) is 18.7 Å². The van der Waals surface area contributed by atoms with Gasteiger partial charge in [0.1, 0.15) is 0 Å². The lowest BCUT2D eigenvalue weighted by atomic mass is 10.1. The Morgan fingerprint density at radius 2 is 1.58 bits per heavy atom. The van der Waals surface area contributed by atoms with Gasteiger partial charge in [-0.1, -0.05) is 41.9 Å². The van der Waals surface area contributed by atoms with Crippen molar-refractivity contribution in [3.8, 4) is 0 Å². The molecule has 0 aliphatic heterocycles. The molecule has 6 nitrogen and oxygen atoms in total. The number of nitrogens with two attached hydrogens (primary N) is 1. The van der Waals surface area contributed by atoms with Gasteiger partial charge in [0, 0.05) is 17.4 Å². The fraction of sp³-hybridized carbons (Fsp3) is 0.625. The van der Waals surface area contributed by atoms with E-state index < -0.39 is 23.8 Å². The van der Waals surface area contributed by atoms with Crippen LogP contribution in [0.25, 0.3) is 0 Å². The third kappa shape index (κ3) is 15.6. The summed E-state index contributed by atoms with van der Waals surface area (Å²) >= 11 is 1.55. The molecular formula is C24H40N2O4S. The first-order valence-corrected chi connectivity index (χ1v) is 12.0. The standard InChI is InChI=1S/C24H40N2O4S/c1-17(2)8-6-9-18(3)10-7-11-19(4)12-13-31-16-21(22(27)15-25)26-24(30)20(5)14-23(28)29/h8,10,12,20-21H,6-7,9,11,13-16,25H2,1-5H3,(H,26,30)(H,28,29)/b18-10+,19-12+/t20?,21-/m0/s1. The van der Waals surface area contributed by atoms with E-state index in [0.717, 1.165) is 31.4 Å². The molecule has 31 heavy (non-hydrogen) atoms. The van der Waals surface area contributed by atoms with Crippen molar-refractivity contribution in [1.29, 1.82) is 0 Å². The number of carbonyl (C=O) groups is 3. The number of Topliss-reactive ketones (excluding diaryl/α,β-unsaturated/α-hetero) is 1. The molecule has 7 heteroatoms. The summed E-state index contributed by atoms with van der Waals surface area (Å²) in [7, 11) is 0. The second kappa shape index (κ2) is 16.8. The Kier molecular flexibility index (Phi) is 15.8. The molecule has 1 amide bonds. The molecule has 0 aromatic carbocycles. The van der Waals surface area contributed by atoms with E-state index in [2.05, 4.69) is 51.2 Å². The number of aliphatic carboxylic acids is 1. The summed E-state index contributed by atoms with van der Waals surface area (Å²) < 4.78 is 0. The first-order valence-electron chi connectivity index (χ1n) is 10.8. The third-order valence-corrected chi connectivity index (χ3v) is 5.76. The first-order chi connectivity index (χ1) is 14.6. The number of rotatable bonds is 16. The molecule has 1 unspecified atom stereocenters. The van der Waals surface area contributed by atoms with Gasteiger partial charge in [-0.3, -0.25) is 14.4 Å². The molecule has 0 bridgehead atoms. The molecule has 0 aliphatic carbocycles. The molecule has 4 N–H and O–H groups in total. The molecule has 0 fully saturated rings. The van der Waals surface area contributed by atoms with E-state index >= 15 is 0 Å². The maximum absolute atomic E-state index is 12.1. The average molecular weight is 453 g/mol. The topological polar surface area (TPSA) is 109 Å². The highest BCUT2D eigenvalue weighted by Crippen LogP contribution is 2.13. The maximum atomic E-state index is 12.1. The zero-order valence-electron chi connectivity index (χ0n) is 19.7. The summed E-state index contributed by atoms with van der Waals surface area (Å²) in [5, 5.41) is 11.5. The summed E-state index contributed by atoms with van der Waals surface area (Å²) in [6, 6.07) is -0.696. The first kappa shape index (κ1) is 29.1. The number of carboxylic acids is 1. The van der Waals surface area contributed by atoms with Gasteiger partial charge >= 0.3 is 5.97 Å². The van der Waals surface area contributed by atoms with Gasteiger partial charge in [-0.05, 0) is 53.4 Å². The zero-order chi connectivity index (χ0) is 23.8. The number of amides is 1. The van der Waals surface area contributed by atoms with Crippen LogP contribution in [0, 0.1) is 5.92 Å². The van der Waals surface area contributed by atoms with E-state index in [1.54, 1.807) is 11.8 Å². The van der Waals surface area contributed by atoms with Crippen molar-refractivity contribution in [2.24, 2.45) is 11.7 Å². The zero-order valence-corrected chi connectivity index (χ0v) is 20.5. The second-order valence-electron chi connectivity index (χ2n) is 8.23. The Labute approximate surface area is 191 Å². The minimum absolute atomic E-state index is 0.160. The van der Waals surface area contributed by atoms with Crippen LogP contribution in [0.3, 0.4) is 0 Å². The predicted molar refractivity (Wildman–Crippen MR) is 130 cm³/mol. The van der Waals surface area contributed by atoms with Crippen LogP contribution in [0.5, 0.6) is 0 Å². The Morgan fingerprint density at radius 3 is 2.13 bits per heavy atom. The summed E-state index contributed by atoms with van der Waals surface area (Å²) in [6.07, 6.45) is 10.6. The normalized spacial score (nSPS) is 14.0. The molecule has 0 rings (SSSR count). The van der Waals surface area contributed by atoms with Crippen LogP contribution in [0.1, 0.15) is 66.7 Å². The highest BCUT2D eigenvalue weighted by molar-refractivity contribution is 7.99. The fourth-order valence-electron chi connectivity index (χ4n) is 2.75. The van der Waals surface area contributed by atoms with E-state index in [1.807, 2.05) is 0 Å². The Balaban J connectivity index is 4.43. The smallest absolute Gasteiger partial charge is 0.304 e. The van der Waals surface area contributed by atoms with Gasteiger partial charge < -0.3 is 16.2 Å². The molecule has 0 heterocycles. The molecule has 0 aliphatic rings. The molecule has 0 spiro atoms. The SMILES string of the molecule is CC(C)=CCC/C(C)=C/CC/C(C)=C/CSC[C@H](NC(=O)C(C)CC(=O)O)C(=O)CN. The van der Waals surface area contributed by atoms with E-state index in [1.165, 1.54) is 23.6 Å². The lowest BCUT2D eigenvalue weighted by Crippen LogP contribution is -2.47. The van der Waals surface area contributed by atoms with Crippen LogP contribution in [-0.2, 0) is 14.4 Å². The van der Waals surface area contributed by atoms with Crippen molar-refractivity contribution in [2.75, 3.05) is 18.1 Å². The Bertz CT molecular complexity index is 679. The van der Waals surface area contributed by atoms with Crippen molar-refractivity contribution in [3.63, 3.8) is 0 Å². The minimum Gasteiger partial charge on any atom is -0.481 e. The van der Waals surface area contributed by atoms with E-state index in [4.69, 9.17) is 10.8 Å². The van der Waals surface area contributed by atoms with Gasteiger partial charge in [0.25, 0.3) is 0 Å². The van der Waals surface area contributed by atoms with Gasteiger partial charge in [-0.2, -0.15) is 11.8 Å². The van der Waals surface area contributed by atoms with Crippen LogP contribution in [0.15, 0.2) is 34.9 Å². The number of hydrogen-bond acceptors (Lipinski definition) is 5. The molecule has 0 saturated carbocycles. The van der Waals surface area contributed by atoms with Gasteiger partial charge in [-0.15, -0.1) is 0 Å². The van der Waals surface area contributed by atoms with Crippen LogP contribution in [0.2, 0.25) is 0 Å². The van der Waals surface area contributed by atoms with E-state index in [0.29, 0.717) is 5.75 Å². The Hall–Kier alpha value is -1.86. The fourth-order valence-corrected chi connectivity index (χ4v) is 3.80. The lowest BCUT2D eigenvalue weighted by Gasteiger charge is -2.18. The molecule has 176 valence electrons. The second-order valence-corrected chi connectivity index (χ2v) is 9.30. The summed E-state index contributed by atoms with van der Waals surface area (Å²) in [6.45, 7) is 9.89. The average Bonchev–Trinajstić information content (AvgIpc) is 2.68. The highest BCUT2D eigenvalue weighted by Gasteiger charge is 2.23. The molecular weight excluding hydrogens is 412 g/mol. The third-order valence-electron chi connectivity index (χ3n) is 4.79. The quantitative estimate of drug-likeness (QED) is 0.238. The number of thioether (sulfide) groups is 1. The predicted octanol–water partition coefficient (Wildman–Crippen LogP) is 4.26. The number of nitrogens with one attached hydrogen (secondary N) is 1. The Morgan fingerprint density at radius 1 is 1.00 bits per heavy atom. The summed E-state index contributed by atoms with van der Waals surface area (Å²) in [5.41, 5.74) is 9.52. The summed E-state index contributed by atoms with van der Waals surface area (Å²) in [5.74, 6) is -1.28. The van der Waals surface area contributed by atoms with Crippen molar-refractivity contribution in [2.45, 2.75) is 72.8 Å². The maximum Gasteiger partial charge on any atom is 0.304 e. The van der Waals surface area contributed by atoms with Crippen LogP contribution in [0.4, 0.5) is 0 Å². The van der Waals surface area contributed by atoms with Crippen LogP contribution in [-0.4, -0.2) is 46.9 Å². The van der Waals surface area contributed by atoms with Crippen molar-refractivity contribution < 1.29 is 19.5 Å². The molecule has 0 aromatic heterocycles. The van der Waals surface area contributed by atoms with Crippen molar-refractivity contribution in [1.82, 2.24) is 5.32 Å². The minimum atomic E-state index is -1.04. The molecule has 0 aromatic rings. The molecule has 0 radical (unpaired) electrons. The van der Waals surface area contributed by atoms with Gasteiger partial charge in [0.05, 0.1) is 19.0 Å². The largest absolute Gasteiger partial charge is 0.481 e. The molecule has 0 saturated heterocycles. The highest BCUT2D eigenvalue weighted by atomic mass is 32.2. The molecule has 2 atom stereocenters. The number of carbonyl (C=O) groups excluding carboxylic acids is 2. The van der Waals surface area contributed by atoms with E-state index in [9.17, 15) is 14.4 Å². The monoisotopic (exact) mass is 452 g/mol. The summed E-state index contributed by atoms with van der Waals surface area (Å²) in [4.78, 5) is 34.9. The lowest BCUT2D eigenvalue weighted by molar-refractivity contribution is -0.141. The van der Waals surface area contributed by atoms with Gasteiger partial charge in [0.2, 0.25) is 5.91 Å². The number of allylic oxidation sites excluding steroid dienone is 5. The van der Waals surface area contributed by atoms with Crippen molar-refractivity contribution in [3.05, 3.63) is 34.9 Å². The van der Waals surface area contributed by atoms with Crippen LogP contribution < -0.4 is 11.1 Å². The van der Waals surface area contributed by atoms with Gasteiger partial charge in [-0.25, -0.2) is 0 Å². The number of hydrogen-bond donors (Lipinski definition) is 3. The van der Waals surface area contributed by atoms with Crippen LogP contribution >= 0.6 is 11.8 Å². The van der Waals surface area contributed by atoms with Crippen molar-refractivity contribution >= 4 is 29.4 Å². The number of carboxylic acid groups (broad SMARTS) is 1. The van der Waals surface area contributed by atoms with Gasteiger partial charge in [0.15, 0.2) is 5.78 Å².